The Labute approximate surface area is 562 Å². The lowest BCUT2D eigenvalue weighted by Gasteiger charge is -2.25. The Morgan fingerprint density at radius 2 is 0.500 bits per heavy atom. The van der Waals surface area contributed by atoms with Gasteiger partial charge in [0, 0.05) is 26.0 Å². The zero-order valence-corrected chi connectivity index (χ0v) is 58.4. The van der Waals surface area contributed by atoms with Crippen molar-refractivity contribution in [2.45, 2.75) is 59.0 Å². The Kier molecular flexibility index (Phi) is 76.0. The van der Waals surface area contributed by atoms with Crippen LogP contribution >= 0.6 is 0 Å². The molecule has 30 nitrogen and oxygen atoms in total. The van der Waals surface area contributed by atoms with Crippen LogP contribution in [0, 0.1) is 11.8 Å². The maximum absolute atomic E-state index is 12.7. The Morgan fingerprint density at radius 3 is 0.681 bits per heavy atom. The van der Waals surface area contributed by atoms with Gasteiger partial charge < -0.3 is 130 Å². The minimum absolute atomic E-state index is 0.0212. The second kappa shape index (κ2) is 78.0. The molecule has 0 saturated heterocycles. The fraction of sp³-hybridized carbons (Fsp3) is 0.953. The number of rotatable bonds is 82. The van der Waals surface area contributed by atoms with Crippen LogP contribution in [0.3, 0.4) is 0 Å². The molecule has 560 valence electrons. The number of ketones is 1. The summed E-state index contributed by atoms with van der Waals surface area (Å²) in [4.78, 5) is 37.7. The van der Waals surface area contributed by atoms with Crippen molar-refractivity contribution in [3.63, 3.8) is 0 Å². The number of carbonyl (C=O) groups is 3. The number of likely N-dealkylation sites (N-methyl/N-ethyl adjacent to an activating group) is 1. The van der Waals surface area contributed by atoms with Crippen LogP contribution in [-0.4, -0.2) is 361 Å². The van der Waals surface area contributed by atoms with E-state index in [1.165, 1.54) is 0 Å². The second-order valence-electron chi connectivity index (χ2n) is 20.9. The maximum atomic E-state index is 12.7. The molecule has 2 atom stereocenters. The SMILES string of the molecule is CN[C@H](C(=O)N[C@@H](CCCNC(=O)CCOCCOCCOCCOCCOCCOCCOCCOCCOCCOCCOCCOCCOCCOCCOCCOCCOCCOCCOCCOCCOCCOCCOCCOC)C(=O)C(C)C)C(C)C. The normalized spacial score (nSPS) is 12.4. The van der Waals surface area contributed by atoms with Crippen molar-refractivity contribution in [3.05, 3.63) is 0 Å². The first-order chi connectivity index (χ1) is 46.2. The van der Waals surface area contributed by atoms with Gasteiger partial charge in [-0.25, -0.2) is 0 Å². The zero-order valence-electron chi connectivity index (χ0n) is 58.4. The summed E-state index contributed by atoms with van der Waals surface area (Å²) in [5.41, 5.74) is 0. The van der Waals surface area contributed by atoms with E-state index in [1.54, 1.807) is 14.2 Å². The predicted octanol–water partition coefficient (Wildman–Crippen LogP) is 1.25. The van der Waals surface area contributed by atoms with Gasteiger partial charge in [0.2, 0.25) is 11.8 Å². The Bertz CT molecular complexity index is 1540. The lowest BCUT2D eigenvalue weighted by Crippen LogP contribution is -2.52. The van der Waals surface area contributed by atoms with Gasteiger partial charge in [-0.15, -0.1) is 0 Å². The smallest absolute Gasteiger partial charge is 0.237 e. The molecule has 0 aliphatic rings. The minimum atomic E-state index is -0.593. The van der Waals surface area contributed by atoms with Gasteiger partial charge in [-0.05, 0) is 25.8 Å². The Balaban J connectivity index is 3.22. The van der Waals surface area contributed by atoms with E-state index in [2.05, 4.69) is 16.0 Å². The third kappa shape index (κ3) is 70.9. The Morgan fingerprint density at radius 1 is 0.298 bits per heavy atom. The molecule has 0 radical (unpaired) electrons. The fourth-order valence-corrected chi connectivity index (χ4v) is 7.59. The molecule has 94 heavy (non-hydrogen) atoms. The van der Waals surface area contributed by atoms with Gasteiger partial charge in [-0.2, -0.15) is 0 Å². The molecule has 0 aromatic carbocycles. The van der Waals surface area contributed by atoms with Crippen LogP contribution in [0.15, 0.2) is 0 Å². The summed E-state index contributed by atoms with van der Waals surface area (Å²) >= 11 is 0. The van der Waals surface area contributed by atoms with E-state index in [0.717, 1.165) is 0 Å². The van der Waals surface area contributed by atoms with Gasteiger partial charge in [0.15, 0.2) is 5.78 Å². The zero-order chi connectivity index (χ0) is 68.2. The second-order valence-corrected chi connectivity index (χ2v) is 20.9. The van der Waals surface area contributed by atoms with Crippen molar-refractivity contribution >= 4 is 17.6 Å². The summed E-state index contributed by atoms with van der Waals surface area (Å²) in [6.45, 7) is 30.3. The lowest BCUT2D eigenvalue weighted by molar-refractivity contribution is -0.131. The molecule has 0 heterocycles. The molecule has 30 heteroatoms. The summed E-state index contributed by atoms with van der Waals surface area (Å²) in [5, 5.41) is 8.76. The van der Waals surface area contributed by atoms with Crippen LogP contribution < -0.4 is 16.0 Å². The van der Waals surface area contributed by atoms with Crippen molar-refractivity contribution in [2.75, 3.05) is 331 Å². The monoisotopic (exact) mass is 1370 g/mol. The summed E-state index contributed by atoms with van der Waals surface area (Å²) in [7, 11) is 3.37. The molecular formula is C64H127N3O27. The fourth-order valence-electron chi connectivity index (χ4n) is 7.59. The van der Waals surface area contributed by atoms with E-state index in [1.807, 2.05) is 27.7 Å². The van der Waals surface area contributed by atoms with Crippen LogP contribution in [0.5, 0.6) is 0 Å². The van der Waals surface area contributed by atoms with Crippen molar-refractivity contribution in [1.82, 2.24) is 16.0 Å². The number of hydrogen-bond acceptors (Lipinski definition) is 28. The average Bonchev–Trinajstić information content (AvgIpc) is 1.13. The highest BCUT2D eigenvalue weighted by molar-refractivity contribution is 5.91. The molecule has 0 aliphatic carbocycles. The highest BCUT2D eigenvalue weighted by atomic mass is 16.6. The van der Waals surface area contributed by atoms with Crippen LogP contribution in [0.1, 0.15) is 47.0 Å². The molecule has 2 amide bonds. The van der Waals surface area contributed by atoms with E-state index in [9.17, 15) is 14.4 Å². The summed E-state index contributed by atoms with van der Waals surface area (Å²) in [6.07, 6.45) is 1.22. The Hall–Kier alpha value is -2.39. The number of carbonyl (C=O) groups excluding carboxylic acids is 3. The van der Waals surface area contributed by atoms with E-state index < -0.39 is 6.04 Å². The van der Waals surface area contributed by atoms with E-state index in [-0.39, 0.29) is 48.5 Å². The standard InChI is InChI=1S/C64H127N3O27/c1-58(2)62(65-5)64(70)67-60(63(69)59(3)4)8-7-10-66-61(68)9-11-72-14-15-74-18-19-76-22-23-78-26-27-80-30-31-82-34-35-84-38-39-86-42-43-88-46-47-90-50-51-92-54-55-94-57-56-93-53-52-91-49-48-89-45-44-87-41-40-85-37-36-83-33-32-81-29-28-79-25-24-77-21-20-75-17-16-73-13-12-71-6/h58-60,62,65H,7-57H2,1-6H3,(H,66,68)(H,67,70)/t60-,62-/m0/s1. The largest absolute Gasteiger partial charge is 0.382 e. The summed E-state index contributed by atoms with van der Waals surface area (Å²) in [6, 6.07) is -0.979. The molecule has 3 N–H and O–H groups in total. The average molecular weight is 1370 g/mol. The highest BCUT2D eigenvalue weighted by Gasteiger charge is 2.27. The van der Waals surface area contributed by atoms with Gasteiger partial charge in [-0.1, -0.05) is 27.7 Å². The highest BCUT2D eigenvalue weighted by Crippen LogP contribution is 2.09. The molecule has 0 aliphatic heterocycles. The van der Waals surface area contributed by atoms with Gasteiger partial charge >= 0.3 is 0 Å². The van der Waals surface area contributed by atoms with Crippen molar-refractivity contribution in [2.24, 2.45) is 11.8 Å². The van der Waals surface area contributed by atoms with Crippen LogP contribution in [-0.2, 0) is 128 Å². The van der Waals surface area contributed by atoms with Gasteiger partial charge in [0.05, 0.1) is 323 Å². The van der Waals surface area contributed by atoms with Crippen molar-refractivity contribution in [1.29, 1.82) is 0 Å². The topological polar surface area (TPSA) is 309 Å². The molecule has 0 spiro atoms. The number of nitrogens with one attached hydrogen (secondary N) is 3. The number of methoxy groups -OCH3 is 1. The maximum Gasteiger partial charge on any atom is 0.237 e. The lowest BCUT2D eigenvalue weighted by atomic mass is 9.96. The molecule has 0 saturated carbocycles. The first-order valence-corrected chi connectivity index (χ1v) is 33.8. The predicted molar refractivity (Wildman–Crippen MR) is 347 cm³/mol. The van der Waals surface area contributed by atoms with Crippen LogP contribution in [0.4, 0.5) is 0 Å². The summed E-state index contributed by atoms with van der Waals surface area (Å²) < 4.78 is 132. The molecule has 0 aromatic heterocycles. The van der Waals surface area contributed by atoms with Crippen LogP contribution in [0.2, 0.25) is 0 Å². The van der Waals surface area contributed by atoms with E-state index in [0.29, 0.717) is 323 Å². The van der Waals surface area contributed by atoms with Gasteiger partial charge in [0.1, 0.15) is 0 Å². The first kappa shape index (κ1) is 91.6. The number of hydrogen-bond donors (Lipinski definition) is 3. The summed E-state index contributed by atoms with van der Waals surface area (Å²) in [5.74, 6) is -0.487. The van der Waals surface area contributed by atoms with E-state index in [4.69, 9.17) is 114 Å². The third-order valence-electron chi connectivity index (χ3n) is 12.6. The van der Waals surface area contributed by atoms with Crippen molar-refractivity contribution < 1.29 is 128 Å². The number of Topliss-reactive ketones (excluding diaryl/α,β-unsaturated/α-hetero) is 1. The molecule has 0 fully saturated rings. The molecule has 0 rings (SSSR count). The molecule has 0 aromatic rings. The minimum Gasteiger partial charge on any atom is -0.382 e. The molecule has 0 bridgehead atoms. The van der Waals surface area contributed by atoms with E-state index >= 15 is 0 Å². The third-order valence-corrected chi connectivity index (χ3v) is 12.6. The number of amides is 2. The van der Waals surface area contributed by atoms with Gasteiger partial charge in [0.25, 0.3) is 0 Å². The molecular weight excluding hydrogens is 1240 g/mol. The first-order valence-electron chi connectivity index (χ1n) is 33.8. The number of ether oxygens (including phenoxy) is 24. The quantitative estimate of drug-likeness (QED) is 0.0722. The molecule has 0 unspecified atom stereocenters. The van der Waals surface area contributed by atoms with Crippen molar-refractivity contribution in [3.8, 4) is 0 Å². The van der Waals surface area contributed by atoms with Crippen LogP contribution in [0.25, 0.3) is 0 Å². The van der Waals surface area contributed by atoms with Gasteiger partial charge in [-0.3, -0.25) is 14.4 Å².